The Morgan fingerprint density at radius 1 is 1.56 bits per heavy atom. The van der Waals surface area contributed by atoms with Crippen LogP contribution in [-0.4, -0.2) is 36.1 Å². The molecule has 0 saturated heterocycles. The monoisotopic (exact) mass is 239 g/mol. The number of hydrogen-bond donors (Lipinski definition) is 1. The first-order valence-corrected chi connectivity index (χ1v) is 7.03. The normalized spacial score (nSPS) is 24.7. The van der Waals surface area contributed by atoms with Crippen LogP contribution in [0.25, 0.3) is 0 Å². The smallest absolute Gasteiger partial charge is 0.0795 e. The highest BCUT2D eigenvalue weighted by atomic mass is 32.1. The third-order valence-corrected chi connectivity index (χ3v) is 4.13. The molecule has 0 spiro atoms. The van der Waals surface area contributed by atoms with Gasteiger partial charge in [-0.2, -0.15) is 0 Å². The van der Waals surface area contributed by atoms with E-state index < -0.39 is 0 Å². The van der Waals surface area contributed by atoms with Crippen molar-refractivity contribution in [2.24, 2.45) is 5.92 Å². The molecule has 1 aliphatic carbocycles. The van der Waals surface area contributed by atoms with E-state index in [2.05, 4.69) is 34.6 Å². The quantitative estimate of drug-likeness (QED) is 0.822. The van der Waals surface area contributed by atoms with Crippen LogP contribution in [0.4, 0.5) is 0 Å². The molecule has 90 valence electrons. The van der Waals surface area contributed by atoms with Gasteiger partial charge in [-0.15, -0.1) is 11.3 Å². The van der Waals surface area contributed by atoms with Crippen LogP contribution in [0.3, 0.4) is 0 Å². The lowest BCUT2D eigenvalue weighted by Gasteiger charge is -2.42. The third-order valence-electron chi connectivity index (χ3n) is 3.49. The average Bonchev–Trinajstić information content (AvgIpc) is 2.69. The first kappa shape index (κ1) is 12.0. The molecule has 3 nitrogen and oxygen atoms in total. The Morgan fingerprint density at radius 2 is 2.44 bits per heavy atom. The molecule has 1 aromatic heterocycles. The average molecular weight is 239 g/mol. The van der Waals surface area contributed by atoms with Crippen LogP contribution in [-0.2, 0) is 6.54 Å². The van der Waals surface area contributed by atoms with E-state index in [9.17, 15) is 0 Å². The van der Waals surface area contributed by atoms with Gasteiger partial charge in [0.2, 0.25) is 0 Å². The van der Waals surface area contributed by atoms with Crippen LogP contribution in [0, 0.1) is 5.92 Å². The van der Waals surface area contributed by atoms with Crippen LogP contribution >= 0.6 is 11.3 Å². The number of aromatic nitrogens is 1. The lowest BCUT2D eigenvalue weighted by Crippen LogP contribution is -2.48. The molecule has 2 atom stereocenters. The number of hydrogen-bond acceptors (Lipinski definition) is 4. The van der Waals surface area contributed by atoms with Crippen LogP contribution < -0.4 is 5.32 Å². The minimum Gasteiger partial charge on any atom is -0.317 e. The first-order chi connectivity index (χ1) is 7.81. The Kier molecular flexibility index (Phi) is 4.32. The van der Waals surface area contributed by atoms with Gasteiger partial charge in [-0.3, -0.25) is 4.90 Å². The number of nitrogens with one attached hydrogen (secondary N) is 1. The molecule has 0 radical (unpaired) electrons. The molecule has 4 heteroatoms. The molecule has 1 heterocycles. The maximum Gasteiger partial charge on any atom is 0.0795 e. The second-order valence-electron chi connectivity index (χ2n) is 4.61. The van der Waals surface area contributed by atoms with E-state index in [1.54, 1.807) is 11.3 Å². The highest BCUT2D eigenvalue weighted by Gasteiger charge is 2.33. The molecule has 0 aliphatic heterocycles. The summed E-state index contributed by atoms with van der Waals surface area (Å²) in [7, 11) is 2.22. The van der Waals surface area contributed by atoms with Crippen molar-refractivity contribution in [3.63, 3.8) is 0 Å². The molecule has 1 aliphatic rings. The fourth-order valence-corrected chi connectivity index (χ4v) is 2.94. The highest BCUT2D eigenvalue weighted by molar-refractivity contribution is 7.07. The van der Waals surface area contributed by atoms with E-state index in [0.29, 0.717) is 0 Å². The maximum absolute atomic E-state index is 4.35. The Morgan fingerprint density at radius 3 is 3.00 bits per heavy atom. The van der Waals surface area contributed by atoms with Crippen molar-refractivity contribution < 1.29 is 0 Å². The van der Waals surface area contributed by atoms with Gasteiger partial charge >= 0.3 is 0 Å². The predicted octanol–water partition coefficient (Wildman–Crippen LogP) is 1.96. The molecule has 1 saturated carbocycles. The topological polar surface area (TPSA) is 28.2 Å². The summed E-state index contributed by atoms with van der Waals surface area (Å²) in [5, 5.41) is 5.60. The van der Waals surface area contributed by atoms with Gasteiger partial charge in [0.25, 0.3) is 0 Å². The van der Waals surface area contributed by atoms with E-state index in [1.807, 2.05) is 5.51 Å². The maximum atomic E-state index is 4.35. The van der Waals surface area contributed by atoms with Crippen LogP contribution in [0.2, 0.25) is 0 Å². The molecule has 0 amide bonds. The van der Waals surface area contributed by atoms with E-state index in [4.69, 9.17) is 0 Å². The standard InChI is InChI=1S/C12H21N3S/c1-3-13-6-10-4-5-12(10)15(2)7-11-8-16-9-14-11/h8-10,12-13H,3-7H2,1-2H3. The first-order valence-electron chi connectivity index (χ1n) is 6.09. The van der Waals surface area contributed by atoms with Crippen molar-refractivity contribution in [1.82, 2.24) is 15.2 Å². The lowest BCUT2D eigenvalue weighted by molar-refractivity contribution is 0.0776. The van der Waals surface area contributed by atoms with Crippen molar-refractivity contribution in [2.75, 3.05) is 20.1 Å². The summed E-state index contributed by atoms with van der Waals surface area (Å²) in [4.78, 5) is 6.80. The van der Waals surface area contributed by atoms with E-state index in [1.165, 1.54) is 25.1 Å². The molecular formula is C12H21N3S. The van der Waals surface area contributed by atoms with Crippen molar-refractivity contribution in [1.29, 1.82) is 0 Å². The zero-order valence-corrected chi connectivity index (χ0v) is 11.0. The van der Waals surface area contributed by atoms with Crippen molar-refractivity contribution in [3.8, 4) is 0 Å². The zero-order valence-electron chi connectivity index (χ0n) is 10.1. The van der Waals surface area contributed by atoms with Gasteiger partial charge in [-0.05, 0) is 38.9 Å². The Labute approximate surface area is 102 Å². The summed E-state index contributed by atoms with van der Waals surface area (Å²) >= 11 is 1.68. The van der Waals surface area contributed by atoms with Crippen LogP contribution in [0.15, 0.2) is 10.9 Å². The third kappa shape index (κ3) is 2.81. The molecule has 2 rings (SSSR count). The highest BCUT2D eigenvalue weighted by Crippen LogP contribution is 2.31. The number of thiazole rings is 1. The van der Waals surface area contributed by atoms with Gasteiger partial charge in [0.05, 0.1) is 11.2 Å². The Hall–Kier alpha value is -0.450. The summed E-state index contributed by atoms with van der Waals surface area (Å²) in [6.07, 6.45) is 2.72. The predicted molar refractivity (Wildman–Crippen MR) is 68.6 cm³/mol. The van der Waals surface area contributed by atoms with E-state index in [0.717, 1.165) is 25.0 Å². The second kappa shape index (κ2) is 5.75. The van der Waals surface area contributed by atoms with Crippen LogP contribution in [0.5, 0.6) is 0 Å². The summed E-state index contributed by atoms with van der Waals surface area (Å²) in [5.41, 5.74) is 3.13. The molecule has 1 fully saturated rings. The molecule has 1 N–H and O–H groups in total. The number of rotatable bonds is 6. The molecule has 16 heavy (non-hydrogen) atoms. The van der Waals surface area contributed by atoms with Gasteiger partial charge in [0.15, 0.2) is 0 Å². The molecule has 0 bridgehead atoms. The van der Waals surface area contributed by atoms with Gasteiger partial charge < -0.3 is 5.32 Å². The fourth-order valence-electron chi connectivity index (χ4n) is 2.39. The summed E-state index contributed by atoms with van der Waals surface area (Å²) in [5.74, 6) is 0.837. The van der Waals surface area contributed by atoms with Gasteiger partial charge in [0.1, 0.15) is 0 Å². The van der Waals surface area contributed by atoms with Crippen molar-refractivity contribution >= 4 is 11.3 Å². The summed E-state index contributed by atoms with van der Waals surface area (Å²) in [6.45, 7) is 5.42. The van der Waals surface area contributed by atoms with Gasteiger partial charge in [-0.25, -0.2) is 4.98 Å². The van der Waals surface area contributed by atoms with Gasteiger partial charge in [0, 0.05) is 18.0 Å². The Balaban J connectivity index is 1.78. The SMILES string of the molecule is CCNCC1CCC1N(C)Cc1cscn1. The number of nitrogens with zero attached hydrogens (tertiary/aromatic N) is 2. The molecule has 1 aromatic rings. The molecule has 0 aromatic carbocycles. The van der Waals surface area contributed by atoms with Crippen molar-refractivity contribution in [2.45, 2.75) is 32.4 Å². The van der Waals surface area contributed by atoms with Crippen molar-refractivity contribution in [3.05, 3.63) is 16.6 Å². The minimum absolute atomic E-state index is 0.751. The summed E-state index contributed by atoms with van der Waals surface area (Å²) < 4.78 is 0. The molecule has 2 unspecified atom stereocenters. The molecular weight excluding hydrogens is 218 g/mol. The second-order valence-corrected chi connectivity index (χ2v) is 5.33. The van der Waals surface area contributed by atoms with Gasteiger partial charge in [-0.1, -0.05) is 6.92 Å². The largest absolute Gasteiger partial charge is 0.317 e. The summed E-state index contributed by atoms with van der Waals surface area (Å²) in [6, 6.07) is 0.751. The fraction of sp³-hybridized carbons (Fsp3) is 0.750. The van der Waals surface area contributed by atoms with E-state index in [-0.39, 0.29) is 0 Å². The lowest BCUT2D eigenvalue weighted by atomic mass is 9.78. The Bertz CT molecular complexity index is 299. The minimum atomic E-state index is 0.751. The van der Waals surface area contributed by atoms with Crippen LogP contribution in [0.1, 0.15) is 25.5 Å². The zero-order chi connectivity index (χ0) is 11.4. The van der Waals surface area contributed by atoms with E-state index >= 15 is 0 Å².